The van der Waals surface area contributed by atoms with E-state index in [9.17, 15) is 18.0 Å². The number of halogens is 3. The van der Waals surface area contributed by atoms with Gasteiger partial charge >= 0.3 is 6.18 Å². The number of alkyl halides is 3. The second-order valence-corrected chi connectivity index (χ2v) is 4.92. The SMILES string of the molecule is CCn1cc(CN(C)C(=O)c2cc(C(F)(F)F)[nH]n2)c(C)n1. The summed E-state index contributed by atoms with van der Waals surface area (Å²) in [6, 6.07) is 0.709. The van der Waals surface area contributed by atoms with Crippen molar-refractivity contribution in [3.8, 4) is 0 Å². The largest absolute Gasteiger partial charge is 0.432 e. The van der Waals surface area contributed by atoms with Crippen LogP contribution < -0.4 is 0 Å². The van der Waals surface area contributed by atoms with Crippen molar-refractivity contribution >= 4 is 5.91 Å². The summed E-state index contributed by atoms with van der Waals surface area (Å²) >= 11 is 0. The molecule has 0 atom stereocenters. The van der Waals surface area contributed by atoms with E-state index in [4.69, 9.17) is 0 Å². The second kappa shape index (κ2) is 5.82. The fraction of sp³-hybridized carbons (Fsp3) is 0.462. The Morgan fingerprint density at radius 1 is 1.45 bits per heavy atom. The number of nitrogens with zero attached hydrogens (tertiary/aromatic N) is 4. The van der Waals surface area contributed by atoms with E-state index < -0.39 is 17.8 Å². The van der Waals surface area contributed by atoms with Crippen molar-refractivity contribution in [2.24, 2.45) is 0 Å². The van der Waals surface area contributed by atoms with Crippen LogP contribution in [0.1, 0.15) is 34.4 Å². The first kappa shape index (κ1) is 16.1. The summed E-state index contributed by atoms with van der Waals surface area (Å²) in [5.41, 5.74) is 0.304. The molecule has 2 heterocycles. The van der Waals surface area contributed by atoms with E-state index in [0.717, 1.165) is 11.3 Å². The van der Waals surface area contributed by atoms with Gasteiger partial charge in [0.2, 0.25) is 0 Å². The van der Waals surface area contributed by atoms with Crippen LogP contribution >= 0.6 is 0 Å². The van der Waals surface area contributed by atoms with Crippen molar-refractivity contribution in [3.05, 3.63) is 34.9 Å². The molecule has 0 spiro atoms. The molecular formula is C13H16F3N5O. The second-order valence-electron chi connectivity index (χ2n) is 4.92. The molecule has 0 bridgehead atoms. The zero-order valence-corrected chi connectivity index (χ0v) is 12.4. The third-order valence-electron chi connectivity index (χ3n) is 3.23. The molecule has 0 saturated heterocycles. The predicted octanol–water partition coefficient (Wildman–Crippen LogP) is 2.23. The van der Waals surface area contributed by atoms with Gasteiger partial charge in [0.1, 0.15) is 5.69 Å². The quantitative estimate of drug-likeness (QED) is 0.941. The smallest absolute Gasteiger partial charge is 0.336 e. The number of aryl methyl sites for hydroxylation is 2. The van der Waals surface area contributed by atoms with Gasteiger partial charge in [-0.2, -0.15) is 23.4 Å². The van der Waals surface area contributed by atoms with Gasteiger partial charge < -0.3 is 4.90 Å². The Bertz CT molecular complexity index is 674. The van der Waals surface area contributed by atoms with Crippen molar-refractivity contribution in [1.82, 2.24) is 24.9 Å². The lowest BCUT2D eigenvalue weighted by Crippen LogP contribution is -2.26. The molecule has 0 aromatic carbocycles. The molecule has 1 N–H and O–H groups in total. The van der Waals surface area contributed by atoms with Crippen LogP contribution in [0.2, 0.25) is 0 Å². The van der Waals surface area contributed by atoms with E-state index in [2.05, 4.69) is 10.2 Å². The number of aromatic amines is 1. The van der Waals surface area contributed by atoms with Crippen molar-refractivity contribution in [2.45, 2.75) is 33.1 Å². The standard InChI is InChI=1S/C13H16F3N5O/c1-4-21-7-9(8(2)19-21)6-20(3)12(22)10-5-11(18-17-10)13(14,15)16/h5,7H,4,6H2,1-3H3,(H,17,18). The van der Waals surface area contributed by atoms with E-state index in [0.29, 0.717) is 12.6 Å². The highest BCUT2D eigenvalue weighted by Crippen LogP contribution is 2.27. The Hall–Kier alpha value is -2.32. The molecule has 0 aliphatic carbocycles. The molecule has 0 aliphatic heterocycles. The zero-order valence-electron chi connectivity index (χ0n) is 12.4. The minimum atomic E-state index is -4.55. The van der Waals surface area contributed by atoms with E-state index in [1.54, 1.807) is 4.68 Å². The minimum absolute atomic E-state index is 0.249. The first-order valence-electron chi connectivity index (χ1n) is 6.63. The van der Waals surface area contributed by atoms with E-state index in [1.165, 1.54) is 11.9 Å². The summed E-state index contributed by atoms with van der Waals surface area (Å²) in [7, 11) is 1.51. The molecule has 0 fully saturated rings. The highest BCUT2D eigenvalue weighted by atomic mass is 19.4. The van der Waals surface area contributed by atoms with Gasteiger partial charge in [0.15, 0.2) is 5.69 Å². The number of nitrogens with one attached hydrogen (secondary N) is 1. The number of rotatable bonds is 4. The summed E-state index contributed by atoms with van der Waals surface area (Å²) in [6.07, 6.45) is -2.74. The normalized spacial score (nSPS) is 11.7. The number of carbonyl (C=O) groups is 1. The van der Waals surface area contributed by atoms with Gasteiger partial charge in [-0.3, -0.25) is 14.6 Å². The summed E-state index contributed by atoms with van der Waals surface area (Å²) in [4.78, 5) is 13.4. The van der Waals surface area contributed by atoms with Gasteiger partial charge in [-0.05, 0) is 13.8 Å². The Morgan fingerprint density at radius 2 is 2.14 bits per heavy atom. The Kier molecular flexibility index (Phi) is 4.25. The third-order valence-corrected chi connectivity index (χ3v) is 3.23. The molecule has 0 aliphatic rings. The summed E-state index contributed by atoms with van der Waals surface area (Å²) < 4.78 is 39.2. The molecule has 120 valence electrons. The topological polar surface area (TPSA) is 66.8 Å². The summed E-state index contributed by atoms with van der Waals surface area (Å²) in [5, 5.41) is 9.52. The van der Waals surface area contributed by atoms with Gasteiger partial charge in [0, 0.05) is 38.0 Å². The lowest BCUT2D eigenvalue weighted by molar-refractivity contribution is -0.141. The van der Waals surface area contributed by atoms with Crippen LogP contribution in [0, 0.1) is 6.92 Å². The van der Waals surface area contributed by atoms with Crippen LogP contribution in [0.15, 0.2) is 12.3 Å². The molecule has 22 heavy (non-hydrogen) atoms. The maximum absolute atomic E-state index is 12.5. The molecule has 2 rings (SSSR count). The van der Waals surface area contributed by atoms with Crippen LogP contribution in [0.25, 0.3) is 0 Å². The van der Waals surface area contributed by atoms with Crippen molar-refractivity contribution < 1.29 is 18.0 Å². The minimum Gasteiger partial charge on any atom is -0.336 e. The van der Waals surface area contributed by atoms with Crippen LogP contribution in [-0.4, -0.2) is 37.8 Å². The predicted molar refractivity (Wildman–Crippen MR) is 72.0 cm³/mol. The Labute approximate surface area is 124 Å². The molecule has 2 aromatic rings. The molecule has 0 radical (unpaired) electrons. The molecule has 0 saturated carbocycles. The number of carbonyl (C=O) groups excluding carboxylic acids is 1. The zero-order chi connectivity index (χ0) is 16.5. The highest BCUT2D eigenvalue weighted by Gasteiger charge is 2.34. The van der Waals surface area contributed by atoms with Crippen molar-refractivity contribution in [3.63, 3.8) is 0 Å². The average Bonchev–Trinajstić information content (AvgIpc) is 3.05. The van der Waals surface area contributed by atoms with Gasteiger partial charge in [0.25, 0.3) is 5.91 Å². The first-order chi connectivity index (χ1) is 10.2. The van der Waals surface area contributed by atoms with Crippen LogP contribution in [0.5, 0.6) is 0 Å². The number of amides is 1. The van der Waals surface area contributed by atoms with Crippen LogP contribution in [0.3, 0.4) is 0 Å². The summed E-state index contributed by atoms with van der Waals surface area (Å²) in [6.45, 7) is 4.70. The van der Waals surface area contributed by atoms with E-state index in [1.807, 2.05) is 25.1 Å². The Morgan fingerprint density at radius 3 is 2.64 bits per heavy atom. The number of H-pyrrole nitrogens is 1. The van der Waals surface area contributed by atoms with Crippen LogP contribution in [-0.2, 0) is 19.3 Å². The maximum Gasteiger partial charge on any atom is 0.432 e. The monoisotopic (exact) mass is 315 g/mol. The number of hydrogen-bond donors (Lipinski definition) is 1. The molecule has 0 unspecified atom stereocenters. The van der Waals surface area contributed by atoms with E-state index >= 15 is 0 Å². The molecule has 9 heteroatoms. The molecule has 1 amide bonds. The summed E-state index contributed by atoms with van der Waals surface area (Å²) in [5.74, 6) is -0.588. The number of aromatic nitrogens is 4. The van der Waals surface area contributed by atoms with Crippen molar-refractivity contribution in [2.75, 3.05) is 7.05 Å². The molecule has 6 nitrogen and oxygen atoms in total. The average molecular weight is 315 g/mol. The van der Waals surface area contributed by atoms with E-state index in [-0.39, 0.29) is 12.2 Å². The first-order valence-corrected chi connectivity index (χ1v) is 6.63. The van der Waals surface area contributed by atoms with Gasteiger partial charge in [-0.25, -0.2) is 0 Å². The Balaban J connectivity index is 2.12. The molecular weight excluding hydrogens is 299 g/mol. The lowest BCUT2D eigenvalue weighted by Gasteiger charge is -2.15. The van der Waals surface area contributed by atoms with Gasteiger partial charge in [-0.15, -0.1) is 0 Å². The van der Waals surface area contributed by atoms with Gasteiger partial charge in [-0.1, -0.05) is 0 Å². The fourth-order valence-electron chi connectivity index (χ4n) is 1.98. The van der Waals surface area contributed by atoms with Crippen molar-refractivity contribution in [1.29, 1.82) is 0 Å². The fourth-order valence-corrected chi connectivity index (χ4v) is 1.98. The molecule has 2 aromatic heterocycles. The van der Waals surface area contributed by atoms with Crippen LogP contribution in [0.4, 0.5) is 13.2 Å². The lowest BCUT2D eigenvalue weighted by atomic mass is 10.2. The maximum atomic E-state index is 12.5. The number of hydrogen-bond acceptors (Lipinski definition) is 3. The van der Waals surface area contributed by atoms with Gasteiger partial charge in [0.05, 0.1) is 5.69 Å². The third kappa shape index (κ3) is 3.29. The highest BCUT2D eigenvalue weighted by molar-refractivity contribution is 5.92.